The Labute approximate surface area is 125 Å². The molecule has 0 saturated carbocycles. The lowest BCUT2D eigenvalue weighted by Crippen LogP contribution is -2.18. The van der Waals surface area contributed by atoms with Gasteiger partial charge < -0.3 is 9.67 Å². The van der Waals surface area contributed by atoms with Crippen LogP contribution in [-0.4, -0.2) is 33.5 Å². The maximum atomic E-state index is 10.9. The Morgan fingerprint density at radius 2 is 2.05 bits per heavy atom. The van der Waals surface area contributed by atoms with E-state index < -0.39 is 5.97 Å². The molecule has 2 heterocycles. The summed E-state index contributed by atoms with van der Waals surface area (Å²) >= 11 is 0. The van der Waals surface area contributed by atoms with Crippen LogP contribution in [0.15, 0.2) is 42.6 Å². The van der Waals surface area contributed by atoms with Crippen LogP contribution in [0.3, 0.4) is 0 Å². The number of aromatic nitrogens is 1. The first-order chi connectivity index (χ1) is 9.66. The Hall–Kier alpha value is -1.37. The molecule has 2 aromatic rings. The molecule has 0 aliphatic carbocycles. The largest absolute Gasteiger partial charge is 0.478 e. The van der Waals surface area contributed by atoms with Crippen molar-refractivity contribution in [3.63, 3.8) is 0 Å². The van der Waals surface area contributed by atoms with Crippen molar-refractivity contribution in [1.29, 1.82) is 0 Å². The van der Waals surface area contributed by atoms with Crippen molar-refractivity contribution >= 4 is 27.6 Å². The van der Waals surface area contributed by atoms with Crippen LogP contribution in [0.1, 0.15) is 21.4 Å². The first kappa shape index (κ1) is 13.6. The summed E-state index contributed by atoms with van der Waals surface area (Å²) in [5.74, 6) is 0.116. The maximum Gasteiger partial charge on any atom is 0.335 e. The normalized spacial score (nSPS) is 19.4. The van der Waals surface area contributed by atoms with Gasteiger partial charge in [0.05, 0.1) is 17.1 Å². The molecular weight excluding hydrogens is 292 g/mol. The smallest absolute Gasteiger partial charge is 0.335 e. The van der Waals surface area contributed by atoms with Gasteiger partial charge in [0.2, 0.25) is 0 Å². The molecule has 1 aliphatic heterocycles. The van der Waals surface area contributed by atoms with Crippen LogP contribution in [0.4, 0.5) is 0 Å². The van der Waals surface area contributed by atoms with Gasteiger partial charge in [-0.05, 0) is 43.4 Å². The second-order valence-corrected chi connectivity index (χ2v) is 7.02. The molecule has 104 valence electrons. The van der Waals surface area contributed by atoms with Crippen molar-refractivity contribution in [2.75, 3.05) is 12.9 Å². The molecule has 3 rings (SSSR count). The summed E-state index contributed by atoms with van der Waals surface area (Å²) in [6.45, 7) is 0. The lowest BCUT2D eigenvalue weighted by Gasteiger charge is -2.19. The van der Waals surface area contributed by atoms with Crippen molar-refractivity contribution in [3.05, 3.63) is 53.9 Å². The van der Waals surface area contributed by atoms with E-state index in [0.717, 1.165) is 11.6 Å². The van der Waals surface area contributed by atoms with Gasteiger partial charge in [0.25, 0.3) is 0 Å². The van der Waals surface area contributed by atoms with E-state index in [2.05, 4.69) is 22.6 Å². The molecule has 0 amide bonds. The van der Waals surface area contributed by atoms with Crippen molar-refractivity contribution in [1.82, 2.24) is 9.47 Å². The zero-order valence-electron chi connectivity index (χ0n) is 10.9. The van der Waals surface area contributed by atoms with E-state index in [0.29, 0.717) is 10.9 Å². The molecule has 1 atom stereocenters. The van der Waals surface area contributed by atoms with Crippen molar-refractivity contribution in [2.45, 2.75) is 5.37 Å². The number of carboxylic acids is 1. The van der Waals surface area contributed by atoms with Crippen LogP contribution in [0.5, 0.6) is 0 Å². The highest BCUT2D eigenvalue weighted by atomic mass is 33.1. The summed E-state index contributed by atoms with van der Waals surface area (Å²) in [6.07, 6.45) is 2.02. The van der Waals surface area contributed by atoms with E-state index in [1.165, 1.54) is 5.69 Å². The van der Waals surface area contributed by atoms with E-state index in [1.54, 1.807) is 12.1 Å². The minimum atomic E-state index is -0.897. The highest BCUT2D eigenvalue weighted by molar-refractivity contribution is 8.77. The molecular formula is C14H14N2O2S2. The summed E-state index contributed by atoms with van der Waals surface area (Å²) in [5, 5.41) is 9.28. The monoisotopic (exact) mass is 306 g/mol. The highest BCUT2D eigenvalue weighted by Crippen LogP contribution is 2.47. The minimum absolute atomic E-state index is 0.311. The summed E-state index contributed by atoms with van der Waals surface area (Å²) in [6, 6.07) is 11.1. The molecule has 1 unspecified atom stereocenters. The first-order valence-electron chi connectivity index (χ1n) is 6.16. The highest BCUT2D eigenvalue weighted by Gasteiger charge is 2.26. The fourth-order valence-electron chi connectivity index (χ4n) is 2.19. The Morgan fingerprint density at radius 3 is 2.65 bits per heavy atom. The van der Waals surface area contributed by atoms with E-state index in [-0.39, 0.29) is 0 Å². The number of rotatable bonds is 3. The first-order valence-corrected chi connectivity index (χ1v) is 8.54. The molecule has 1 N–H and O–H groups in total. The third-order valence-corrected chi connectivity index (χ3v) is 5.95. The van der Waals surface area contributed by atoms with Gasteiger partial charge in [-0.1, -0.05) is 21.6 Å². The number of nitrogens with zero attached hydrogens (tertiary/aromatic N) is 2. The number of carbonyl (C=O) groups is 1. The van der Waals surface area contributed by atoms with Gasteiger partial charge in [-0.15, -0.1) is 0 Å². The van der Waals surface area contributed by atoms with Crippen LogP contribution in [0.2, 0.25) is 0 Å². The second kappa shape index (κ2) is 5.55. The summed E-state index contributed by atoms with van der Waals surface area (Å²) in [4.78, 5) is 13.2. The number of benzene rings is 1. The summed E-state index contributed by atoms with van der Waals surface area (Å²) in [7, 11) is 5.82. The fourth-order valence-corrected chi connectivity index (χ4v) is 5.11. The van der Waals surface area contributed by atoms with Gasteiger partial charge in [-0.2, -0.15) is 0 Å². The van der Waals surface area contributed by atoms with Crippen molar-refractivity contribution in [3.8, 4) is 5.69 Å². The average Bonchev–Trinajstić information content (AvgIpc) is 3.07. The van der Waals surface area contributed by atoms with E-state index in [1.807, 2.05) is 46.0 Å². The quantitative estimate of drug-likeness (QED) is 0.880. The SMILES string of the molecule is CN1CSSC1c1cccn1-c1ccc(C(=O)O)cc1. The summed E-state index contributed by atoms with van der Waals surface area (Å²) in [5.41, 5.74) is 2.51. The van der Waals surface area contributed by atoms with E-state index >= 15 is 0 Å². The molecule has 1 fully saturated rings. The molecule has 1 aromatic carbocycles. The zero-order valence-corrected chi connectivity index (χ0v) is 12.5. The van der Waals surface area contributed by atoms with Crippen molar-refractivity contribution in [2.24, 2.45) is 0 Å². The molecule has 1 saturated heterocycles. The average molecular weight is 306 g/mol. The third kappa shape index (κ3) is 2.46. The number of aromatic carboxylic acids is 1. The lowest BCUT2D eigenvalue weighted by atomic mass is 10.2. The number of carboxylic acid groups (broad SMARTS) is 1. The van der Waals surface area contributed by atoms with Gasteiger partial charge in [0.1, 0.15) is 5.37 Å². The maximum absolute atomic E-state index is 10.9. The minimum Gasteiger partial charge on any atom is -0.478 e. The van der Waals surface area contributed by atoms with Crippen LogP contribution in [0, 0.1) is 0 Å². The number of hydrogen-bond acceptors (Lipinski definition) is 4. The van der Waals surface area contributed by atoms with E-state index in [4.69, 9.17) is 5.11 Å². The Bertz CT molecular complexity index is 624. The van der Waals surface area contributed by atoms with Gasteiger partial charge in [0.15, 0.2) is 0 Å². The second-order valence-electron chi connectivity index (χ2n) is 4.61. The summed E-state index contributed by atoms with van der Waals surface area (Å²) < 4.78 is 2.12. The molecule has 4 nitrogen and oxygen atoms in total. The molecule has 0 spiro atoms. The molecule has 6 heteroatoms. The predicted octanol–water partition coefficient (Wildman–Crippen LogP) is 3.46. The van der Waals surface area contributed by atoms with Crippen LogP contribution in [0.25, 0.3) is 5.69 Å². The van der Waals surface area contributed by atoms with Gasteiger partial charge in [-0.25, -0.2) is 4.79 Å². The molecule has 0 radical (unpaired) electrons. The molecule has 1 aliphatic rings. The zero-order chi connectivity index (χ0) is 14.1. The van der Waals surface area contributed by atoms with Crippen LogP contribution in [-0.2, 0) is 0 Å². The topological polar surface area (TPSA) is 45.5 Å². The van der Waals surface area contributed by atoms with Gasteiger partial charge >= 0.3 is 5.97 Å². The molecule has 0 bridgehead atoms. The number of hydrogen-bond donors (Lipinski definition) is 1. The van der Waals surface area contributed by atoms with Crippen LogP contribution < -0.4 is 0 Å². The predicted molar refractivity (Wildman–Crippen MR) is 83.3 cm³/mol. The standard InChI is InChI=1S/C14H14N2O2S2/c1-15-9-19-20-13(15)12-3-2-8-16(12)11-6-4-10(5-7-11)14(17)18/h2-8,13H,9H2,1H3,(H,17,18). The third-order valence-electron chi connectivity index (χ3n) is 3.24. The molecule has 1 aromatic heterocycles. The Kier molecular flexibility index (Phi) is 3.78. The Balaban J connectivity index is 1.94. The van der Waals surface area contributed by atoms with Crippen LogP contribution >= 0.6 is 21.6 Å². The van der Waals surface area contributed by atoms with Gasteiger partial charge in [-0.3, -0.25) is 4.90 Å². The fraction of sp³-hybridized carbons (Fsp3) is 0.214. The lowest BCUT2D eigenvalue weighted by molar-refractivity contribution is 0.0697. The molecule has 20 heavy (non-hydrogen) atoms. The van der Waals surface area contributed by atoms with E-state index in [9.17, 15) is 4.79 Å². The van der Waals surface area contributed by atoms with Gasteiger partial charge in [0, 0.05) is 11.9 Å². The Morgan fingerprint density at radius 1 is 1.30 bits per heavy atom. The van der Waals surface area contributed by atoms with Crippen molar-refractivity contribution < 1.29 is 9.90 Å².